The van der Waals surface area contributed by atoms with E-state index in [1.807, 2.05) is 0 Å². The van der Waals surface area contributed by atoms with Crippen LogP contribution in [0.25, 0.3) is 72.7 Å². The molecule has 52 heavy (non-hydrogen) atoms. The number of hydrogen-bond donors (Lipinski definition) is 0. The molecule has 2 aliphatic rings. The van der Waals surface area contributed by atoms with Crippen molar-refractivity contribution in [1.82, 2.24) is 19.1 Å². The van der Waals surface area contributed by atoms with Gasteiger partial charge in [0, 0.05) is 44.7 Å². The van der Waals surface area contributed by atoms with Gasteiger partial charge in [-0.3, -0.25) is 4.57 Å². The first-order chi connectivity index (χ1) is 25.6. The van der Waals surface area contributed by atoms with Crippen LogP contribution in [0.2, 0.25) is 0 Å². The summed E-state index contributed by atoms with van der Waals surface area (Å²) in [5.74, 6) is 2.48. The van der Waals surface area contributed by atoms with Gasteiger partial charge in [0.25, 0.3) is 0 Å². The minimum absolute atomic E-state index is 0.303. The average molecular weight is 671 g/mol. The fourth-order valence-electron chi connectivity index (χ4n) is 8.47. The maximum Gasteiger partial charge on any atom is 0.158 e. The first-order valence-corrected chi connectivity index (χ1v) is 18.4. The van der Waals surface area contributed by atoms with Crippen LogP contribution in [-0.2, 0) is 6.42 Å². The second-order valence-electron chi connectivity index (χ2n) is 14.4. The maximum absolute atomic E-state index is 5.34. The highest BCUT2D eigenvalue weighted by Gasteiger charge is 2.28. The van der Waals surface area contributed by atoms with Gasteiger partial charge in [0.05, 0.1) is 22.2 Å². The van der Waals surface area contributed by atoms with Crippen molar-refractivity contribution in [3.05, 3.63) is 174 Å². The van der Waals surface area contributed by atoms with Crippen molar-refractivity contribution in [3.63, 3.8) is 0 Å². The normalized spacial score (nSPS) is 17.0. The highest BCUT2D eigenvalue weighted by molar-refractivity contribution is 6.10. The van der Waals surface area contributed by atoms with Crippen molar-refractivity contribution in [2.24, 2.45) is 11.8 Å². The maximum atomic E-state index is 5.34. The first kappa shape index (κ1) is 30.6. The summed E-state index contributed by atoms with van der Waals surface area (Å²) >= 11 is 0. The lowest BCUT2D eigenvalue weighted by atomic mass is 9.83. The highest BCUT2D eigenvalue weighted by Crippen LogP contribution is 2.43. The molecular weight excluding hydrogens is 633 g/mol. The smallest absolute Gasteiger partial charge is 0.158 e. The Balaban J connectivity index is 1.16. The molecule has 2 aliphatic carbocycles. The largest absolute Gasteiger partial charge is 0.309 e. The lowest BCUT2D eigenvalue weighted by Crippen LogP contribution is -2.14. The van der Waals surface area contributed by atoms with Gasteiger partial charge in [-0.2, -0.15) is 0 Å². The van der Waals surface area contributed by atoms with Crippen LogP contribution in [0, 0.1) is 11.8 Å². The van der Waals surface area contributed by atoms with Crippen LogP contribution in [-0.4, -0.2) is 19.1 Å². The minimum atomic E-state index is 0.303. The molecule has 2 atom stereocenters. The van der Waals surface area contributed by atoms with E-state index in [1.165, 1.54) is 66.4 Å². The minimum Gasteiger partial charge on any atom is -0.309 e. The molecule has 0 spiro atoms. The molecule has 3 heterocycles. The third kappa shape index (κ3) is 4.97. The second kappa shape index (κ2) is 12.2. The van der Waals surface area contributed by atoms with Gasteiger partial charge in [-0.15, -0.1) is 0 Å². The SMILES string of the molecule is CC1C=CC=C(c2nc(-c3ccccc3)cc(-n3c4c(c5ccccc53)C=C(c3ccc5c(c3)c3ccccc3n5-c3ccccc3)C(C)C4)n2)C1. The van der Waals surface area contributed by atoms with Gasteiger partial charge in [0.1, 0.15) is 5.82 Å². The summed E-state index contributed by atoms with van der Waals surface area (Å²) in [5.41, 5.74) is 13.3. The number of hydrogen-bond acceptors (Lipinski definition) is 2. The number of aromatic nitrogens is 4. The van der Waals surface area contributed by atoms with E-state index in [1.54, 1.807) is 0 Å². The molecule has 3 aromatic heterocycles. The summed E-state index contributed by atoms with van der Waals surface area (Å²) in [5, 5.41) is 3.80. The Kier molecular flexibility index (Phi) is 7.17. The average Bonchev–Trinajstić information content (AvgIpc) is 3.70. The van der Waals surface area contributed by atoms with Crippen LogP contribution in [0.4, 0.5) is 0 Å². The Morgan fingerprint density at radius 3 is 2.08 bits per heavy atom. The van der Waals surface area contributed by atoms with Gasteiger partial charge >= 0.3 is 0 Å². The number of nitrogens with zero attached hydrogens (tertiary/aromatic N) is 4. The lowest BCUT2D eigenvalue weighted by molar-refractivity contribution is 0.704. The Morgan fingerprint density at radius 2 is 1.29 bits per heavy atom. The highest BCUT2D eigenvalue weighted by atomic mass is 15.1. The van der Waals surface area contributed by atoms with E-state index in [-0.39, 0.29) is 0 Å². The van der Waals surface area contributed by atoms with Gasteiger partial charge in [-0.05, 0) is 83.9 Å². The van der Waals surface area contributed by atoms with Crippen molar-refractivity contribution >= 4 is 49.9 Å². The lowest BCUT2D eigenvalue weighted by Gasteiger charge is -2.24. The molecular formula is C48H38N4. The molecule has 8 aromatic rings. The van der Waals surface area contributed by atoms with Crippen molar-refractivity contribution in [2.75, 3.05) is 0 Å². The number of allylic oxidation sites excluding steroid dienone is 5. The fraction of sp³-hybridized carbons (Fsp3) is 0.125. The Hall–Kier alpha value is -6.26. The number of fused-ring (bicyclic) bond motifs is 6. The van der Waals surface area contributed by atoms with Crippen LogP contribution < -0.4 is 0 Å². The summed E-state index contributed by atoms with van der Waals surface area (Å²) < 4.78 is 4.80. The Labute approximate surface area is 303 Å². The van der Waals surface area contributed by atoms with E-state index >= 15 is 0 Å². The third-order valence-electron chi connectivity index (χ3n) is 10.9. The van der Waals surface area contributed by atoms with E-state index in [9.17, 15) is 0 Å². The van der Waals surface area contributed by atoms with E-state index in [2.05, 4.69) is 181 Å². The molecule has 0 fully saturated rings. The summed E-state index contributed by atoms with van der Waals surface area (Å²) in [7, 11) is 0. The zero-order chi connectivity index (χ0) is 34.8. The fourth-order valence-corrected chi connectivity index (χ4v) is 8.47. The molecule has 0 saturated carbocycles. The molecule has 0 bridgehead atoms. The molecule has 2 unspecified atom stereocenters. The molecule has 0 amide bonds. The quantitative estimate of drug-likeness (QED) is 0.183. The summed E-state index contributed by atoms with van der Waals surface area (Å²) in [4.78, 5) is 10.5. The summed E-state index contributed by atoms with van der Waals surface area (Å²) in [6.45, 7) is 4.63. The molecule has 4 nitrogen and oxygen atoms in total. The zero-order valence-corrected chi connectivity index (χ0v) is 29.4. The monoisotopic (exact) mass is 670 g/mol. The van der Waals surface area contributed by atoms with Crippen LogP contribution in [0.1, 0.15) is 42.9 Å². The molecule has 0 N–H and O–H groups in total. The first-order valence-electron chi connectivity index (χ1n) is 18.4. The van der Waals surface area contributed by atoms with Gasteiger partial charge < -0.3 is 4.57 Å². The van der Waals surface area contributed by atoms with Crippen LogP contribution in [0.5, 0.6) is 0 Å². The molecule has 0 saturated heterocycles. The Morgan fingerprint density at radius 1 is 0.596 bits per heavy atom. The molecule has 10 rings (SSSR count). The second-order valence-corrected chi connectivity index (χ2v) is 14.4. The van der Waals surface area contributed by atoms with Crippen LogP contribution in [0.15, 0.2) is 152 Å². The van der Waals surface area contributed by atoms with Gasteiger partial charge in [0.2, 0.25) is 0 Å². The third-order valence-corrected chi connectivity index (χ3v) is 10.9. The van der Waals surface area contributed by atoms with Crippen molar-refractivity contribution in [1.29, 1.82) is 0 Å². The summed E-state index contributed by atoms with van der Waals surface area (Å²) in [6.07, 6.45) is 10.9. The molecule has 0 aliphatic heterocycles. The number of rotatable bonds is 5. The Bertz CT molecular complexity index is 2760. The van der Waals surface area contributed by atoms with E-state index in [0.717, 1.165) is 35.7 Å². The predicted octanol–water partition coefficient (Wildman–Crippen LogP) is 11.9. The van der Waals surface area contributed by atoms with E-state index < -0.39 is 0 Å². The van der Waals surface area contributed by atoms with Crippen LogP contribution >= 0.6 is 0 Å². The number of para-hydroxylation sites is 3. The van der Waals surface area contributed by atoms with Crippen molar-refractivity contribution in [2.45, 2.75) is 26.7 Å². The summed E-state index contributed by atoms with van der Waals surface area (Å²) in [6, 6.07) is 48.0. The zero-order valence-electron chi connectivity index (χ0n) is 29.4. The van der Waals surface area contributed by atoms with Crippen LogP contribution in [0.3, 0.4) is 0 Å². The van der Waals surface area contributed by atoms with E-state index in [4.69, 9.17) is 9.97 Å². The molecule has 0 radical (unpaired) electrons. The van der Waals surface area contributed by atoms with Gasteiger partial charge in [0.15, 0.2) is 5.82 Å². The van der Waals surface area contributed by atoms with Gasteiger partial charge in [-0.25, -0.2) is 9.97 Å². The van der Waals surface area contributed by atoms with Crippen molar-refractivity contribution in [3.8, 4) is 22.8 Å². The molecule has 5 aromatic carbocycles. The van der Waals surface area contributed by atoms with Gasteiger partial charge in [-0.1, -0.05) is 123 Å². The molecule has 250 valence electrons. The molecule has 4 heteroatoms. The topological polar surface area (TPSA) is 35.6 Å². The standard InChI is InChI=1S/C48H38N4/c1-31-14-13-17-35(26-31)48-49-42(33-15-5-3-6-16-33)30-47(50-48)52-44-23-12-10-21-38(44)41-29-39(32(2)27-46(41)52)34-24-25-45-40(28-34)37-20-9-11-22-43(37)51(45)36-18-7-4-8-19-36/h3-25,28-32H,26-27H2,1-2H3. The van der Waals surface area contributed by atoms with E-state index in [0.29, 0.717) is 11.8 Å². The van der Waals surface area contributed by atoms with Crippen molar-refractivity contribution < 1.29 is 0 Å². The predicted molar refractivity (Wildman–Crippen MR) is 217 cm³/mol. The number of benzene rings is 5.